The zero-order valence-corrected chi connectivity index (χ0v) is 10.4. The molecule has 0 spiro atoms. The molecule has 1 N–H and O–H groups in total. The molecule has 6 heteroatoms. The number of aromatic nitrogens is 2. The summed E-state index contributed by atoms with van der Waals surface area (Å²) in [5, 5.41) is 0.194. The lowest BCUT2D eigenvalue weighted by Crippen LogP contribution is -2.38. The van der Waals surface area contributed by atoms with E-state index in [1.54, 1.807) is 4.31 Å². The van der Waals surface area contributed by atoms with Crippen molar-refractivity contribution < 1.29 is 8.42 Å². The van der Waals surface area contributed by atoms with Crippen molar-refractivity contribution in [3.63, 3.8) is 0 Å². The van der Waals surface area contributed by atoms with E-state index in [2.05, 4.69) is 23.8 Å². The van der Waals surface area contributed by atoms with Gasteiger partial charge in [-0.15, -0.1) is 0 Å². The molecule has 0 amide bonds. The third-order valence-electron chi connectivity index (χ3n) is 3.08. The Hall–Kier alpha value is -0.880. The van der Waals surface area contributed by atoms with Crippen molar-refractivity contribution in [2.24, 2.45) is 5.92 Å². The third-order valence-corrected chi connectivity index (χ3v) is 4.93. The van der Waals surface area contributed by atoms with Crippen molar-refractivity contribution in [3.05, 3.63) is 12.5 Å². The van der Waals surface area contributed by atoms with Gasteiger partial charge in [0.05, 0.1) is 12.5 Å². The van der Waals surface area contributed by atoms with Crippen LogP contribution in [0.3, 0.4) is 0 Å². The van der Waals surface area contributed by atoms with Crippen LogP contribution in [0.1, 0.15) is 26.7 Å². The number of rotatable bonds is 3. The van der Waals surface area contributed by atoms with Gasteiger partial charge in [-0.2, -0.15) is 4.31 Å². The lowest BCUT2D eigenvalue weighted by atomic mass is 10.0. The summed E-state index contributed by atoms with van der Waals surface area (Å²) in [4.78, 5) is 6.44. The number of nitrogens with one attached hydrogen (secondary N) is 1. The van der Waals surface area contributed by atoms with Crippen LogP contribution in [0.15, 0.2) is 17.6 Å². The van der Waals surface area contributed by atoms with Crippen LogP contribution in [0, 0.1) is 5.92 Å². The Bertz CT molecular complexity index is 439. The molecular weight excluding hydrogens is 226 g/mol. The van der Waals surface area contributed by atoms with Gasteiger partial charge in [-0.3, -0.25) is 0 Å². The van der Waals surface area contributed by atoms with Crippen molar-refractivity contribution in [2.45, 2.75) is 37.8 Å². The lowest BCUT2D eigenvalue weighted by molar-refractivity contribution is 0.315. The van der Waals surface area contributed by atoms with E-state index in [0.717, 1.165) is 12.8 Å². The summed E-state index contributed by atoms with van der Waals surface area (Å²) in [6.07, 6.45) is 4.65. The maximum absolute atomic E-state index is 12.3. The van der Waals surface area contributed by atoms with Crippen LogP contribution in [0.5, 0.6) is 0 Å². The summed E-state index contributed by atoms with van der Waals surface area (Å²) in [6, 6.07) is 0.119. The van der Waals surface area contributed by atoms with Gasteiger partial charge in [0.15, 0.2) is 5.03 Å². The highest BCUT2D eigenvalue weighted by Crippen LogP contribution is 2.29. The molecule has 1 fully saturated rings. The second-order valence-corrected chi connectivity index (χ2v) is 6.34. The first-order valence-electron chi connectivity index (χ1n) is 5.53. The van der Waals surface area contributed by atoms with Gasteiger partial charge in [0.1, 0.15) is 0 Å². The molecule has 0 aliphatic carbocycles. The molecule has 0 aromatic carbocycles. The van der Waals surface area contributed by atoms with E-state index in [9.17, 15) is 8.42 Å². The molecule has 2 heterocycles. The Kier molecular flexibility index (Phi) is 3.03. The highest BCUT2D eigenvalue weighted by molar-refractivity contribution is 7.89. The molecule has 1 unspecified atom stereocenters. The van der Waals surface area contributed by atoms with Gasteiger partial charge in [0, 0.05) is 12.6 Å². The summed E-state index contributed by atoms with van der Waals surface area (Å²) < 4.78 is 26.1. The molecule has 1 aromatic heterocycles. The third kappa shape index (κ3) is 1.87. The highest BCUT2D eigenvalue weighted by Gasteiger charge is 2.37. The minimum absolute atomic E-state index is 0.119. The lowest BCUT2D eigenvalue weighted by Gasteiger charge is -2.26. The maximum Gasteiger partial charge on any atom is 0.260 e. The Balaban J connectivity index is 2.31. The summed E-state index contributed by atoms with van der Waals surface area (Å²) in [5.41, 5.74) is 0. The van der Waals surface area contributed by atoms with E-state index in [1.807, 2.05) is 0 Å². The van der Waals surface area contributed by atoms with Gasteiger partial charge in [0.2, 0.25) is 0 Å². The van der Waals surface area contributed by atoms with E-state index < -0.39 is 10.0 Å². The van der Waals surface area contributed by atoms with Crippen molar-refractivity contribution in [1.29, 1.82) is 0 Å². The molecule has 1 saturated heterocycles. The topological polar surface area (TPSA) is 66.1 Å². The molecular formula is C10H17N3O2S. The molecule has 1 aliphatic rings. The van der Waals surface area contributed by atoms with Gasteiger partial charge in [-0.05, 0) is 18.8 Å². The molecule has 1 atom stereocenters. The molecule has 5 nitrogen and oxygen atoms in total. The Labute approximate surface area is 95.9 Å². The SMILES string of the molecule is CC(C)C1CCCN1S(=O)(=O)c1cnc[nH]1. The van der Waals surface area contributed by atoms with Gasteiger partial charge < -0.3 is 4.98 Å². The zero-order chi connectivity index (χ0) is 11.8. The number of H-pyrrole nitrogens is 1. The van der Waals surface area contributed by atoms with Gasteiger partial charge in [-0.25, -0.2) is 13.4 Å². The number of hydrogen-bond acceptors (Lipinski definition) is 3. The largest absolute Gasteiger partial charge is 0.335 e. The van der Waals surface area contributed by atoms with Crippen LogP contribution in [-0.4, -0.2) is 35.3 Å². The first-order chi connectivity index (χ1) is 7.53. The van der Waals surface area contributed by atoms with Crippen LogP contribution < -0.4 is 0 Å². The fraction of sp³-hybridized carbons (Fsp3) is 0.700. The average molecular weight is 243 g/mol. The first-order valence-corrected chi connectivity index (χ1v) is 6.97. The van der Waals surface area contributed by atoms with E-state index in [1.165, 1.54) is 12.5 Å². The molecule has 1 aromatic rings. The second kappa shape index (κ2) is 4.18. The van der Waals surface area contributed by atoms with Crippen molar-refractivity contribution in [3.8, 4) is 0 Å². The number of hydrogen-bond donors (Lipinski definition) is 1. The standard InChI is InChI=1S/C10H17N3O2S/c1-8(2)9-4-3-5-13(9)16(14,15)10-6-11-7-12-10/h6-9H,3-5H2,1-2H3,(H,11,12). The van der Waals surface area contributed by atoms with Crippen molar-refractivity contribution in [2.75, 3.05) is 6.54 Å². The van der Waals surface area contributed by atoms with E-state index in [4.69, 9.17) is 0 Å². The zero-order valence-electron chi connectivity index (χ0n) is 9.55. The monoisotopic (exact) mass is 243 g/mol. The van der Waals surface area contributed by atoms with Gasteiger partial charge in [-0.1, -0.05) is 13.8 Å². The molecule has 90 valence electrons. The summed E-state index contributed by atoms with van der Waals surface area (Å²) in [6.45, 7) is 4.74. The number of aromatic amines is 1. The predicted molar refractivity (Wildman–Crippen MR) is 60.3 cm³/mol. The molecule has 1 aliphatic heterocycles. The quantitative estimate of drug-likeness (QED) is 0.868. The fourth-order valence-electron chi connectivity index (χ4n) is 2.24. The van der Waals surface area contributed by atoms with E-state index in [-0.39, 0.29) is 11.1 Å². The van der Waals surface area contributed by atoms with Crippen molar-refractivity contribution >= 4 is 10.0 Å². The summed E-state index contributed by atoms with van der Waals surface area (Å²) >= 11 is 0. The predicted octanol–water partition coefficient (Wildman–Crippen LogP) is 1.22. The summed E-state index contributed by atoms with van der Waals surface area (Å²) in [7, 11) is -3.37. The second-order valence-electron chi connectivity index (χ2n) is 4.49. The Morgan fingerprint density at radius 2 is 2.31 bits per heavy atom. The minimum atomic E-state index is -3.37. The van der Waals surface area contributed by atoms with Gasteiger partial charge in [0.25, 0.3) is 10.0 Å². The maximum atomic E-state index is 12.3. The van der Waals surface area contributed by atoms with Crippen molar-refractivity contribution in [1.82, 2.24) is 14.3 Å². The molecule has 16 heavy (non-hydrogen) atoms. The number of imidazole rings is 1. The molecule has 0 saturated carbocycles. The minimum Gasteiger partial charge on any atom is -0.335 e. The number of sulfonamides is 1. The molecule has 2 rings (SSSR count). The molecule has 0 bridgehead atoms. The Morgan fingerprint density at radius 1 is 1.56 bits per heavy atom. The summed E-state index contributed by atoms with van der Waals surface area (Å²) in [5.74, 6) is 0.347. The first kappa shape index (κ1) is 11.6. The van der Waals surface area contributed by atoms with Crippen LogP contribution >= 0.6 is 0 Å². The van der Waals surface area contributed by atoms with Crippen LogP contribution in [0.2, 0.25) is 0 Å². The van der Waals surface area contributed by atoms with Crippen LogP contribution in [-0.2, 0) is 10.0 Å². The average Bonchev–Trinajstić information content (AvgIpc) is 2.89. The highest BCUT2D eigenvalue weighted by atomic mass is 32.2. The normalized spacial score (nSPS) is 23.1. The Morgan fingerprint density at radius 3 is 2.88 bits per heavy atom. The van der Waals surface area contributed by atoms with E-state index >= 15 is 0 Å². The van der Waals surface area contributed by atoms with E-state index in [0.29, 0.717) is 12.5 Å². The van der Waals surface area contributed by atoms with Crippen LogP contribution in [0.4, 0.5) is 0 Å². The van der Waals surface area contributed by atoms with Crippen LogP contribution in [0.25, 0.3) is 0 Å². The fourth-order valence-corrected chi connectivity index (χ4v) is 3.96. The smallest absolute Gasteiger partial charge is 0.260 e. The number of nitrogens with zero attached hydrogens (tertiary/aromatic N) is 2. The van der Waals surface area contributed by atoms with Gasteiger partial charge >= 0.3 is 0 Å². The molecule has 0 radical (unpaired) electrons.